The number of carbonyl (C=O) groups is 2. The summed E-state index contributed by atoms with van der Waals surface area (Å²) < 4.78 is 4.46. The van der Waals surface area contributed by atoms with Gasteiger partial charge in [-0.05, 0) is 6.92 Å². The predicted octanol–water partition coefficient (Wildman–Crippen LogP) is 0.0810. The van der Waals surface area contributed by atoms with Gasteiger partial charge in [0.15, 0.2) is 5.92 Å². The molecule has 0 saturated heterocycles. The lowest BCUT2D eigenvalue weighted by molar-refractivity contribution is -0.148. The summed E-state index contributed by atoms with van der Waals surface area (Å²) in [5.74, 6) is -4.28. The quantitative estimate of drug-likeness (QED) is 0.204. The normalized spacial score (nSPS) is 10.6. The first kappa shape index (κ1) is 15.0. The van der Waals surface area contributed by atoms with Gasteiger partial charge in [0, 0.05) is 0 Å². The van der Waals surface area contributed by atoms with Gasteiger partial charge in [-0.25, -0.2) is 5.53 Å². The molecule has 0 radical (unpaired) electrons. The number of nitrogens with zero attached hydrogens (tertiary/aromatic N) is 1. The summed E-state index contributed by atoms with van der Waals surface area (Å²) in [4.78, 5) is 21.8. The van der Waals surface area contributed by atoms with Crippen LogP contribution in [0.1, 0.15) is 6.92 Å². The number of hydrogen-bond donors (Lipinski definition) is 3. The minimum atomic E-state index is -1.57. The zero-order valence-electron chi connectivity index (χ0n) is 7.44. The van der Waals surface area contributed by atoms with Crippen molar-refractivity contribution in [3.05, 3.63) is 0 Å². The van der Waals surface area contributed by atoms with Gasteiger partial charge >= 0.3 is 5.97 Å². The molecule has 80 valence electrons. The van der Waals surface area contributed by atoms with E-state index in [4.69, 9.17) is 16.7 Å². The van der Waals surface area contributed by atoms with Gasteiger partial charge in [0.1, 0.15) is 5.84 Å². The average Bonchev–Trinajstić information content (AvgIpc) is 2.04. The predicted molar refractivity (Wildman–Crippen MR) is 49.4 cm³/mol. The Balaban J connectivity index is 0. The maximum Gasteiger partial charge on any atom is 0.326 e. The summed E-state index contributed by atoms with van der Waals surface area (Å²) >= 11 is 0. The third-order valence-electron chi connectivity index (χ3n) is 1.19. The molecule has 0 fully saturated rings. The van der Waals surface area contributed by atoms with E-state index < -0.39 is 23.6 Å². The van der Waals surface area contributed by atoms with Crippen LogP contribution in [0.25, 0.3) is 0 Å². The van der Waals surface area contributed by atoms with Crippen LogP contribution in [0.2, 0.25) is 0 Å². The Labute approximate surface area is 86.4 Å². The van der Waals surface area contributed by atoms with Crippen molar-refractivity contribution in [2.75, 3.05) is 6.61 Å². The van der Waals surface area contributed by atoms with Crippen molar-refractivity contribution < 1.29 is 14.3 Å². The summed E-state index contributed by atoms with van der Waals surface area (Å²) in [5, 5.41) is 9.41. The van der Waals surface area contributed by atoms with E-state index in [1.807, 2.05) is 0 Å². The van der Waals surface area contributed by atoms with Gasteiger partial charge in [0.2, 0.25) is 0 Å². The number of rotatable bonds is 4. The summed E-state index contributed by atoms with van der Waals surface area (Å²) in [6.45, 7) is 1.63. The van der Waals surface area contributed by atoms with Crippen LogP contribution in [0.3, 0.4) is 0 Å². The molecule has 1 amide bonds. The zero-order chi connectivity index (χ0) is 10.4. The van der Waals surface area contributed by atoms with Crippen LogP contribution in [0.4, 0.5) is 0 Å². The van der Waals surface area contributed by atoms with Crippen LogP contribution < -0.4 is 5.73 Å². The Morgan fingerprint density at radius 3 is 2.36 bits per heavy atom. The van der Waals surface area contributed by atoms with Gasteiger partial charge in [-0.1, -0.05) is 0 Å². The number of esters is 1. The molecule has 8 heteroatoms. The van der Waals surface area contributed by atoms with E-state index in [2.05, 4.69) is 9.85 Å². The van der Waals surface area contributed by atoms with Gasteiger partial charge in [0.25, 0.3) is 5.91 Å². The molecule has 0 aromatic carbocycles. The van der Waals surface area contributed by atoms with Crippen LogP contribution in [0.15, 0.2) is 5.11 Å². The largest absolute Gasteiger partial charge is 0.465 e. The molecule has 0 aromatic heterocycles. The van der Waals surface area contributed by atoms with Crippen molar-refractivity contribution in [2.45, 2.75) is 6.92 Å². The van der Waals surface area contributed by atoms with Gasteiger partial charge in [-0.2, -0.15) is 0 Å². The topological polar surface area (TPSA) is 129 Å². The fraction of sp³-hybridized carbons (Fsp3) is 0.500. The average molecular weight is 223 g/mol. The van der Waals surface area contributed by atoms with E-state index in [-0.39, 0.29) is 19.0 Å². The Bertz CT molecular complexity index is 255. The smallest absolute Gasteiger partial charge is 0.326 e. The number of nitrogens with two attached hydrogens (primary N) is 1. The van der Waals surface area contributed by atoms with E-state index in [1.54, 1.807) is 6.92 Å². The standard InChI is InChI=1S/C6H10N4O3.ClH/c1-2-13-6(12)3(4(7)8)5(11)10-9;/h3,9H,2H2,1H3,(H3,7,8);1H. The monoisotopic (exact) mass is 222 g/mol. The molecule has 0 spiro atoms. The third-order valence-corrected chi connectivity index (χ3v) is 1.19. The number of amides is 1. The first-order valence-corrected chi connectivity index (χ1v) is 3.46. The molecule has 1 unspecified atom stereocenters. The number of amidine groups is 1. The highest BCUT2D eigenvalue weighted by Gasteiger charge is 2.30. The molecule has 0 aliphatic rings. The first-order chi connectivity index (χ1) is 6.04. The second-order valence-corrected chi connectivity index (χ2v) is 2.09. The molecule has 14 heavy (non-hydrogen) atoms. The summed E-state index contributed by atoms with van der Waals surface area (Å²) in [5.41, 5.74) is 11.3. The van der Waals surface area contributed by atoms with Crippen molar-refractivity contribution in [3.63, 3.8) is 0 Å². The van der Waals surface area contributed by atoms with Crippen molar-refractivity contribution in [1.29, 1.82) is 10.9 Å². The van der Waals surface area contributed by atoms with Crippen molar-refractivity contribution in [1.82, 2.24) is 0 Å². The second-order valence-electron chi connectivity index (χ2n) is 2.09. The highest BCUT2D eigenvalue weighted by atomic mass is 35.5. The molecule has 1 atom stereocenters. The van der Waals surface area contributed by atoms with Crippen LogP contribution in [0, 0.1) is 16.9 Å². The fourth-order valence-electron chi connectivity index (χ4n) is 0.651. The Morgan fingerprint density at radius 1 is 1.57 bits per heavy atom. The maximum absolute atomic E-state index is 11.0. The number of hydrogen-bond acceptors (Lipinski definition) is 5. The van der Waals surface area contributed by atoms with Crippen LogP contribution >= 0.6 is 12.4 Å². The Hall–Kier alpha value is -1.50. The van der Waals surface area contributed by atoms with Crippen molar-refractivity contribution in [3.8, 4) is 0 Å². The summed E-state index contributed by atoms with van der Waals surface area (Å²) in [6.07, 6.45) is 0. The highest BCUT2D eigenvalue weighted by Crippen LogP contribution is 2.02. The zero-order valence-corrected chi connectivity index (χ0v) is 8.26. The lowest BCUT2D eigenvalue weighted by Crippen LogP contribution is -2.36. The second kappa shape index (κ2) is 6.96. The van der Waals surface area contributed by atoms with Gasteiger partial charge in [-0.15, -0.1) is 17.5 Å². The molecule has 0 aliphatic carbocycles. The lowest BCUT2D eigenvalue weighted by atomic mass is 10.1. The van der Waals surface area contributed by atoms with Crippen molar-refractivity contribution >= 4 is 30.1 Å². The SMILES string of the molecule is CCOC(=O)C(C(=N)N)C(=O)N=N.Cl. The minimum Gasteiger partial charge on any atom is -0.465 e. The van der Waals surface area contributed by atoms with Crippen LogP contribution in [0.5, 0.6) is 0 Å². The molecule has 0 rings (SSSR count). The van der Waals surface area contributed by atoms with Gasteiger partial charge in [0.05, 0.1) is 6.61 Å². The van der Waals surface area contributed by atoms with E-state index in [9.17, 15) is 9.59 Å². The van der Waals surface area contributed by atoms with E-state index in [0.29, 0.717) is 0 Å². The molecular weight excluding hydrogens is 212 g/mol. The maximum atomic E-state index is 11.0. The molecule has 7 nitrogen and oxygen atoms in total. The van der Waals surface area contributed by atoms with Gasteiger partial charge in [-0.3, -0.25) is 15.0 Å². The third kappa shape index (κ3) is 3.94. The summed E-state index contributed by atoms with van der Waals surface area (Å²) in [7, 11) is 0. The highest BCUT2D eigenvalue weighted by molar-refractivity contribution is 6.16. The molecule has 4 N–H and O–H groups in total. The first-order valence-electron chi connectivity index (χ1n) is 3.46. The molecular formula is C6H11ClN4O3. The molecule has 0 bridgehead atoms. The molecule has 0 aromatic rings. The number of halogens is 1. The van der Waals surface area contributed by atoms with E-state index in [0.717, 1.165) is 0 Å². The number of nitrogens with one attached hydrogen (secondary N) is 2. The lowest BCUT2D eigenvalue weighted by Gasteiger charge is -2.08. The molecule has 0 aliphatic heterocycles. The Kier molecular flexibility index (Phi) is 7.45. The Morgan fingerprint density at radius 2 is 2.07 bits per heavy atom. The van der Waals surface area contributed by atoms with E-state index in [1.165, 1.54) is 0 Å². The fourth-order valence-corrected chi connectivity index (χ4v) is 0.651. The summed E-state index contributed by atoms with van der Waals surface area (Å²) in [6, 6.07) is 0. The van der Waals surface area contributed by atoms with Crippen LogP contribution in [-0.2, 0) is 14.3 Å². The van der Waals surface area contributed by atoms with Crippen LogP contribution in [-0.4, -0.2) is 24.3 Å². The minimum absolute atomic E-state index is 0. The van der Waals surface area contributed by atoms with E-state index >= 15 is 0 Å². The van der Waals surface area contributed by atoms with Gasteiger partial charge < -0.3 is 10.5 Å². The molecule has 0 saturated carbocycles. The van der Waals surface area contributed by atoms with Crippen molar-refractivity contribution in [2.24, 2.45) is 16.8 Å². The number of carbonyl (C=O) groups excluding carboxylic acids is 2. The number of ether oxygens (including phenoxy) is 1. The molecule has 0 heterocycles.